The molecule has 3 aliphatic heterocycles. The van der Waals surface area contributed by atoms with Crippen molar-refractivity contribution in [1.82, 2.24) is 0 Å². The molecule has 4 rings (SSSR count). The zero-order valence-corrected chi connectivity index (χ0v) is 9.07. The standard InChI is InChI=1S/C11H14O4/c1-5(2)11-7(15-11)6-9(3,14-6)10(4-13-10)8(11)12/h5-7H,4H2,1-3H3/t6-,7-,9-,10+,11-/m0/s1. The Labute approximate surface area is 87.9 Å². The predicted octanol–water partition coefficient (Wildman–Crippen LogP) is 0.289. The van der Waals surface area contributed by atoms with Crippen LogP contribution < -0.4 is 0 Å². The lowest BCUT2D eigenvalue weighted by Crippen LogP contribution is -2.55. The molecule has 0 unspecified atom stereocenters. The number of hydrogen-bond acceptors (Lipinski definition) is 4. The van der Waals surface area contributed by atoms with Gasteiger partial charge in [-0.15, -0.1) is 0 Å². The van der Waals surface area contributed by atoms with Gasteiger partial charge in [-0.1, -0.05) is 13.8 Å². The van der Waals surface area contributed by atoms with Gasteiger partial charge in [0.05, 0.1) is 6.61 Å². The first-order chi connectivity index (χ1) is 6.99. The van der Waals surface area contributed by atoms with E-state index in [0.717, 1.165) is 0 Å². The van der Waals surface area contributed by atoms with Crippen LogP contribution >= 0.6 is 0 Å². The van der Waals surface area contributed by atoms with Crippen molar-refractivity contribution >= 4 is 5.78 Å². The summed E-state index contributed by atoms with van der Waals surface area (Å²) in [6, 6.07) is 0. The highest BCUT2D eigenvalue weighted by atomic mass is 16.7. The maximum atomic E-state index is 12.4. The van der Waals surface area contributed by atoms with Gasteiger partial charge in [0, 0.05) is 0 Å². The van der Waals surface area contributed by atoms with E-state index in [1.807, 2.05) is 20.8 Å². The van der Waals surface area contributed by atoms with Gasteiger partial charge in [-0.2, -0.15) is 0 Å². The highest BCUT2D eigenvalue weighted by Crippen LogP contribution is 2.69. The van der Waals surface area contributed by atoms with Crippen LogP contribution in [0.5, 0.6) is 0 Å². The number of rotatable bonds is 1. The number of ketones is 1. The van der Waals surface area contributed by atoms with Gasteiger partial charge in [0.15, 0.2) is 11.2 Å². The molecular weight excluding hydrogens is 196 g/mol. The van der Waals surface area contributed by atoms with Crippen LogP contribution in [0.2, 0.25) is 0 Å². The Morgan fingerprint density at radius 1 is 1.33 bits per heavy atom. The van der Waals surface area contributed by atoms with Gasteiger partial charge in [-0.25, -0.2) is 0 Å². The Balaban J connectivity index is 1.83. The normalized spacial score (nSPS) is 64.1. The molecular formula is C11H14O4. The fraction of sp³-hybridized carbons (Fsp3) is 0.909. The summed E-state index contributed by atoms with van der Waals surface area (Å²) in [7, 11) is 0. The Bertz CT molecular complexity index is 386. The van der Waals surface area contributed by atoms with E-state index in [-0.39, 0.29) is 23.9 Å². The molecule has 0 amide bonds. The summed E-state index contributed by atoms with van der Waals surface area (Å²) in [6.07, 6.45) is 0.0462. The molecule has 0 aromatic carbocycles. The van der Waals surface area contributed by atoms with Crippen molar-refractivity contribution in [2.24, 2.45) is 5.92 Å². The van der Waals surface area contributed by atoms with Crippen LogP contribution in [0.15, 0.2) is 0 Å². The van der Waals surface area contributed by atoms with E-state index < -0.39 is 16.8 Å². The van der Waals surface area contributed by atoms with Crippen LogP contribution in [0.1, 0.15) is 20.8 Å². The average Bonchev–Trinajstić information content (AvgIpc) is 3.03. The fourth-order valence-electron chi connectivity index (χ4n) is 3.31. The predicted molar refractivity (Wildman–Crippen MR) is 49.4 cm³/mol. The van der Waals surface area contributed by atoms with Crippen molar-refractivity contribution < 1.29 is 19.0 Å². The van der Waals surface area contributed by atoms with E-state index in [1.54, 1.807) is 0 Å². The van der Waals surface area contributed by atoms with Crippen molar-refractivity contribution in [3.63, 3.8) is 0 Å². The van der Waals surface area contributed by atoms with Gasteiger partial charge >= 0.3 is 0 Å². The Morgan fingerprint density at radius 3 is 2.53 bits per heavy atom. The molecule has 0 radical (unpaired) electrons. The number of ether oxygens (including phenoxy) is 3. The van der Waals surface area contributed by atoms with Gasteiger partial charge in [0.2, 0.25) is 5.78 Å². The smallest absolute Gasteiger partial charge is 0.204 e. The molecule has 0 bridgehead atoms. The molecule has 0 aromatic rings. The Morgan fingerprint density at radius 2 is 2.00 bits per heavy atom. The maximum absolute atomic E-state index is 12.4. The minimum absolute atomic E-state index is 0.0233. The summed E-state index contributed by atoms with van der Waals surface area (Å²) in [6.45, 7) is 6.52. The molecule has 1 aliphatic carbocycles. The lowest BCUT2D eigenvalue weighted by Gasteiger charge is -2.26. The second-order valence-corrected chi connectivity index (χ2v) is 5.58. The molecule has 1 spiro atoms. The quantitative estimate of drug-likeness (QED) is 0.584. The minimum atomic E-state index is -0.672. The van der Waals surface area contributed by atoms with E-state index in [9.17, 15) is 4.79 Å². The summed E-state index contributed by atoms with van der Waals surface area (Å²) in [5.74, 6) is 0.316. The van der Waals surface area contributed by atoms with Gasteiger partial charge in [-0.05, 0) is 12.8 Å². The monoisotopic (exact) mass is 210 g/mol. The maximum Gasteiger partial charge on any atom is 0.204 e. The zero-order valence-electron chi connectivity index (χ0n) is 9.07. The van der Waals surface area contributed by atoms with Gasteiger partial charge < -0.3 is 14.2 Å². The van der Waals surface area contributed by atoms with Crippen LogP contribution in [0.4, 0.5) is 0 Å². The van der Waals surface area contributed by atoms with Crippen LogP contribution in [0.25, 0.3) is 0 Å². The Kier molecular flexibility index (Phi) is 1.10. The number of Topliss-reactive ketones (excluding diaryl/α,β-unsaturated/α-hetero) is 1. The minimum Gasteiger partial charge on any atom is -0.360 e. The molecule has 4 nitrogen and oxygen atoms in total. The molecule has 1 saturated carbocycles. The molecule has 4 fully saturated rings. The second kappa shape index (κ2) is 1.90. The topological polar surface area (TPSA) is 54.7 Å². The summed E-state index contributed by atoms with van der Waals surface area (Å²) in [5, 5.41) is 0. The summed E-state index contributed by atoms with van der Waals surface area (Å²) in [4.78, 5) is 12.4. The average molecular weight is 210 g/mol. The number of carbonyl (C=O) groups excluding carboxylic acids is 1. The van der Waals surface area contributed by atoms with Crippen LogP contribution in [-0.4, -0.2) is 41.4 Å². The molecule has 0 N–H and O–H groups in total. The molecule has 0 aromatic heterocycles. The van der Waals surface area contributed by atoms with Gasteiger partial charge in [0.1, 0.15) is 17.8 Å². The van der Waals surface area contributed by atoms with E-state index in [0.29, 0.717) is 6.61 Å². The summed E-state index contributed by atoms with van der Waals surface area (Å²) in [5.41, 5.74) is -1.67. The highest BCUT2D eigenvalue weighted by molar-refractivity contribution is 6.03. The molecule has 82 valence electrons. The summed E-state index contributed by atoms with van der Waals surface area (Å²) < 4.78 is 16.8. The first kappa shape index (κ1) is 8.67. The molecule has 3 heterocycles. The van der Waals surface area contributed by atoms with Crippen molar-refractivity contribution in [2.45, 2.75) is 49.8 Å². The van der Waals surface area contributed by atoms with E-state index in [2.05, 4.69) is 0 Å². The van der Waals surface area contributed by atoms with Gasteiger partial charge in [-0.3, -0.25) is 4.79 Å². The third-order valence-electron chi connectivity index (χ3n) is 4.63. The van der Waals surface area contributed by atoms with Crippen molar-refractivity contribution in [2.75, 3.05) is 6.61 Å². The summed E-state index contributed by atoms with van der Waals surface area (Å²) >= 11 is 0. The number of fused-ring (bicyclic) bond motifs is 4. The van der Waals surface area contributed by atoms with Crippen LogP contribution in [0.3, 0.4) is 0 Å². The third-order valence-corrected chi connectivity index (χ3v) is 4.63. The largest absolute Gasteiger partial charge is 0.360 e. The van der Waals surface area contributed by atoms with Crippen LogP contribution in [-0.2, 0) is 19.0 Å². The van der Waals surface area contributed by atoms with Crippen molar-refractivity contribution in [3.05, 3.63) is 0 Å². The number of hydrogen-bond donors (Lipinski definition) is 0. The number of carbonyl (C=O) groups is 1. The van der Waals surface area contributed by atoms with Crippen molar-refractivity contribution in [1.29, 1.82) is 0 Å². The molecule has 5 atom stereocenters. The third kappa shape index (κ3) is 0.630. The lowest BCUT2D eigenvalue weighted by atomic mass is 9.70. The van der Waals surface area contributed by atoms with Gasteiger partial charge in [0.25, 0.3) is 0 Å². The van der Waals surface area contributed by atoms with Crippen LogP contribution in [0, 0.1) is 5.92 Å². The lowest BCUT2D eigenvalue weighted by molar-refractivity contribution is -0.133. The second-order valence-electron chi connectivity index (χ2n) is 5.58. The van der Waals surface area contributed by atoms with E-state index in [4.69, 9.17) is 14.2 Å². The SMILES string of the molecule is CC(C)[C@]12O[C@H]1[C@@H]1O[C@]1(C)[C@@]1(CO1)C2=O. The molecule has 15 heavy (non-hydrogen) atoms. The number of epoxide rings is 3. The van der Waals surface area contributed by atoms with Crippen molar-refractivity contribution in [3.8, 4) is 0 Å². The van der Waals surface area contributed by atoms with E-state index in [1.165, 1.54) is 0 Å². The Hall–Kier alpha value is -0.450. The first-order valence-electron chi connectivity index (χ1n) is 5.53. The van der Waals surface area contributed by atoms with E-state index >= 15 is 0 Å². The first-order valence-corrected chi connectivity index (χ1v) is 5.53. The molecule has 4 aliphatic rings. The fourth-order valence-corrected chi connectivity index (χ4v) is 3.31. The molecule has 3 saturated heterocycles. The zero-order chi connectivity index (χ0) is 10.6. The highest BCUT2D eigenvalue weighted by Gasteiger charge is 2.92. The molecule has 4 heteroatoms.